The van der Waals surface area contributed by atoms with Crippen molar-refractivity contribution in [2.75, 3.05) is 13.2 Å². The van der Waals surface area contributed by atoms with Crippen LogP contribution in [0.5, 0.6) is 0 Å². The Morgan fingerprint density at radius 1 is 1.14 bits per heavy atom. The highest BCUT2D eigenvalue weighted by Crippen LogP contribution is 2.22. The van der Waals surface area contributed by atoms with Gasteiger partial charge in [0.15, 0.2) is 12.4 Å². The molecule has 2 fully saturated rings. The highest BCUT2D eigenvalue weighted by Gasteiger charge is 2.47. The van der Waals surface area contributed by atoms with Crippen molar-refractivity contribution in [1.29, 1.82) is 0 Å². The van der Waals surface area contributed by atoms with Crippen LogP contribution in [0.1, 0.15) is 12.8 Å². The van der Waals surface area contributed by atoms with E-state index in [0.717, 1.165) is 4.90 Å². The molecular formula is C12H17NO9. The zero-order chi connectivity index (χ0) is 16.4. The van der Waals surface area contributed by atoms with Crippen molar-refractivity contribution in [3.05, 3.63) is 0 Å². The van der Waals surface area contributed by atoms with E-state index in [2.05, 4.69) is 0 Å². The average molecular weight is 319 g/mol. The third-order valence-corrected chi connectivity index (χ3v) is 3.56. The lowest BCUT2D eigenvalue weighted by Crippen LogP contribution is -2.60. The second kappa shape index (κ2) is 6.67. The summed E-state index contributed by atoms with van der Waals surface area (Å²) < 4.78 is 9.99. The molecule has 124 valence electrons. The van der Waals surface area contributed by atoms with Crippen molar-refractivity contribution >= 4 is 17.8 Å². The van der Waals surface area contributed by atoms with E-state index < -0.39 is 36.7 Å². The van der Waals surface area contributed by atoms with Crippen molar-refractivity contribution in [2.24, 2.45) is 0 Å². The average Bonchev–Trinajstić information content (AvgIpc) is 2.78. The van der Waals surface area contributed by atoms with Crippen molar-refractivity contribution in [2.45, 2.75) is 43.5 Å². The number of ether oxygens (including phenoxy) is 2. The van der Waals surface area contributed by atoms with E-state index in [1.165, 1.54) is 0 Å². The topological polar surface area (TPSA) is 154 Å². The van der Waals surface area contributed by atoms with Gasteiger partial charge in [-0.3, -0.25) is 14.5 Å². The Morgan fingerprint density at radius 3 is 2.27 bits per heavy atom. The Morgan fingerprint density at radius 2 is 1.73 bits per heavy atom. The minimum absolute atomic E-state index is 0.0688. The van der Waals surface area contributed by atoms with Crippen LogP contribution in [0.3, 0.4) is 0 Å². The molecule has 0 aromatic heterocycles. The van der Waals surface area contributed by atoms with Crippen molar-refractivity contribution in [3.8, 4) is 0 Å². The molecule has 10 heteroatoms. The summed E-state index contributed by atoms with van der Waals surface area (Å²) in [5.41, 5.74) is 0. The standard InChI is InChI=1S/C12H17NO9/c14-5-1-2-6(15)13(5)3-4-21-12-9(18)7(16)8(17)10(22-12)11(19)20/h7-10,12,16-18H,1-4H2,(H,19,20)/t7-,8-,9+,10-,12+/m0/s1. The number of carboxylic acids is 1. The molecule has 0 unspecified atom stereocenters. The number of carboxylic acid groups (broad SMARTS) is 1. The highest BCUT2D eigenvalue weighted by atomic mass is 16.7. The normalized spacial score (nSPS) is 36.0. The molecule has 0 aromatic carbocycles. The van der Waals surface area contributed by atoms with E-state index in [1.807, 2.05) is 0 Å². The molecule has 0 saturated carbocycles. The van der Waals surface area contributed by atoms with Gasteiger partial charge in [0.2, 0.25) is 11.8 Å². The monoisotopic (exact) mass is 319 g/mol. The molecule has 2 saturated heterocycles. The predicted octanol–water partition coefficient (Wildman–Crippen LogP) is -2.96. The molecule has 4 N–H and O–H groups in total. The first-order chi connectivity index (χ1) is 10.3. The molecule has 2 heterocycles. The highest BCUT2D eigenvalue weighted by molar-refractivity contribution is 6.01. The van der Waals surface area contributed by atoms with Gasteiger partial charge in [0, 0.05) is 12.8 Å². The first-order valence-corrected chi connectivity index (χ1v) is 6.70. The number of carbonyl (C=O) groups is 3. The zero-order valence-corrected chi connectivity index (χ0v) is 11.5. The van der Waals surface area contributed by atoms with Crippen molar-refractivity contribution < 1.29 is 44.3 Å². The van der Waals surface area contributed by atoms with E-state index in [0.29, 0.717) is 0 Å². The van der Waals surface area contributed by atoms with Gasteiger partial charge in [0.05, 0.1) is 13.2 Å². The van der Waals surface area contributed by atoms with Crippen LogP contribution in [0.4, 0.5) is 0 Å². The minimum Gasteiger partial charge on any atom is -0.479 e. The summed E-state index contributed by atoms with van der Waals surface area (Å²) in [6.45, 7) is -0.269. The molecule has 2 rings (SSSR count). The Kier molecular flexibility index (Phi) is 5.08. The van der Waals surface area contributed by atoms with Crippen LogP contribution in [0.15, 0.2) is 0 Å². The number of likely N-dealkylation sites (tertiary alicyclic amines) is 1. The Balaban J connectivity index is 1.89. The van der Waals surface area contributed by atoms with Crippen LogP contribution >= 0.6 is 0 Å². The molecule has 2 amide bonds. The molecule has 2 aliphatic heterocycles. The lowest BCUT2D eigenvalue weighted by atomic mass is 9.99. The van der Waals surface area contributed by atoms with Gasteiger partial charge in [-0.2, -0.15) is 0 Å². The second-order valence-electron chi connectivity index (χ2n) is 5.04. The summed E-state index contributed by atoms with van der Waals surface area (Å²) in [4.78, 5) is 34.7. The SMILES string of the molecule is O=C(O)[C@H]1O[C@@H](OCCN2C(=O)CCC2=O)[C@H](O)[C@@H](O)[C@@H]1O. The summed E-state index contributed by atoms with van der Waals surface area (Å²) in [7, 11) is 0. The first-order valence-electron chi connectivity index (χ1n) is 6.70. The maximum absolute atomic E-state index is 11.4. The molecule has 22 heavy (non-hydrogen) atoms. The third-order valence-electron chi connectivity index (χ3n) is 3.56. The third kappa shape index (κ3) is 3.25. The maximum atomic E-state index is 11.4. The van der Waals surface area contributed by atoms with Crippen LogP contribution in [-0.2, 0) is 23.9 Å². The predicted molar refractivity (Wildman–Crippen MR) is 66.2 cm³/mol. The van der Waals surface area contributed by atoms with Crippen molar-refractivity contribution in [3.63, 3.8) is 0 Å². The number of amides is 2. The molecule has 0 radical (unpaired) electrons. The van der Waals surface area contributed by atoms with Gasteiger partial charge in [-0.25, -0.2) is 4.79 Å². The van der Waals surface area contributed by atoms with E-state index in [9.17, 15) is 29.7 Å². The fourth-order valence-electron chi connectivity index (χ4n) is 2.32. The smallest absolute Gasteiger partial charge is 0.335 e. The van der Waals surface area contributed by atoms with Gasteiger partial charge in [-0.15, -0.1) is 0 Å². The van der Waals surface area contributed by atoms with E-state index >= 15 is 0 Å². The number of carbonyl (C=O) groups excluding carboxylic acids is 2. The number of aliphatic hydroxyl groups excluding tert-OH is 3. The van der Waals surface area contributed by atoms with Gasteiger partial charge in [-0.05, 0) is 0 Å². The Labute approximate surface area is 124 Å². The van der Waals surface area contributed by atoms with E-state index in [-0.39, 0.29) is 37.8 Å². The summed E-state index contributed by atoms with van der Waals surface area (Å²) in [6, 6.07) is 0. The minimum atomic E-state index is -1.80. The molecule has 0 bridgehead atoms. The van der Waals surface area contributed by atoms with E-state index in [1.54, 1.807) is 0 Å². The molecule has 0 aliphatic carbocycles. The number of aliphatic hydroxyl groups is 3. The van der Waals surface area contributed by atoms with Crippen LogP contribution in [-0.4, -0.2) is 87.0 Å². The summed E-state index contributed by atoms with van der Waals surface area (Å²) in [5, 5.41) is 37.7. The molecule has 0 spiro atoms. The van der Waals surface area contributed by atoms with Crippen LogP contribution < -0.4 is 0 Å². The molecule has 10 nitrogen and oxygen atoms in total. The molecule has 0 aromatic rings. The fraction of sp³-hybridized carbons (Fsp3) is 0.750. The molecule has 5 atom stereocenters. The second-order valence-corrected chi connectivity index (χ2v) is 5.04. The molecule has 2 aliphatic rings. The van der Waals surface area contributed by atoms with Crippen LogP contribution in [0.2, 0.25) is 0 Å². The fourth-order valence-corrected chi connectivity index (χ4v) is 2.32. The lowest BCUT2D eigenvalue weighted by Gasteiger charge is -2.38. The van der Waals surface area contributed by atoms with Gasteiger partial charge in [-0.1, -0.05) is 0 Å². The quantitative estimate of drug-likeness (QED) is 0.389. The largest absolute Gasteiger partial charge is 0.479 e. The zero-order valence-electron chi connectivity index (χ0n) is 11.5. The van der Waals surface area contributed by atoms with Crippen LogP contribution in [0.25, 0.3) is 0 Å². The Hall–Kier alpha value is -1.59. The molecular weight excluding hydrogens is 302 g/mol. The summed E-state index contributed by atoms with van der Waals surface area (Å²) in [6.07, 6.45) is -8.19. The number of nitrogens with zero attached hydrogens (tertiary/aromatic N) is 1. The Bertz CT molecular complexity index is 452. The first kappa shape index (κ1) is 16.8. The maximum Gasteiger partial charge on any atom is 0.335 e. The van der Waals surface area contributed by atoms with Crippen LogP contribution in [0, 0.1) is 0 Å². The van der Waals surface area contributed by atoms with Gasteiger partial charge < -0.3 is 29.9 Å². The number of imide groups is 1. The number of hydrogen-bond donors (Lipinski definition) is 4. The van der Waals surface area contributed by atoms with E-state index in [4.69, 9.17) is 14.6 Å². The number of hydrogen-bond acceptors (Lipinski definition) is 8. The summed E-state index contributed by atoms with van der Waals surface area (Å²) in [5.74, 6) is -2.19. The van der Waals surface area contributed by atoms with Gasteiger partial charge in [0.25, 0.3) is 0 Å². The van der Waals surface area contributed by atoms with Gasteiger partial charge >= 0.3 is 5.97 Å². The summed E-state index contributed by atoms with van der Waals surface area (Å²) >= 11 is 0. The number of rotatable bonds is 5. The van der Waals surface area contributed by atoms with Gasteiger partial charge in [0.1, 0.15) is 18.3 Å². The number of aliphatic carboxylic acids is 1. The van der Waals surface area contributed by atoms with Crippen molar-refractivity contribution in [1.82, 2.24) is 4.90 Å². The lowest BCUT2D eigenvalue weighted by molar-refractivity contribution is -0.294.